The van der Waals surface area contributed by atoms with Gasteiger partial charge < -0.3 is 24.1 Å². The van der Waals surface area contributed by atoms with E-state index >= 15 is 0 Å². The number of hydrogen-bond acceptors (Lipinski definition) is 8. The number of hydrogen-bond donors (Lipinski definition) is 1. The van der Waals surface area contributed by atoms with Crippen LogP contribution in [0.1, 0.15) is 18.4 Å². The number of fused-ring (bicyclic) bond motifs is 2. The van der Waals surface area contributed by atoms with Gasteiger partial charge in [0.2, 0.25) is 0 Å². The molecule has 0 radical (unpaired) electrons. The first-order valence-electron chi connectivity index (χ1n) is 9.30. The van der Waals surface area contributed by atoms with Gasteiger partial charge in [-0.15, -0.1) is 34.0 Å². The quantitative estimate of drug-likeness (QED) is 0.560. The van der Waals surface area contributed by atoms with E-state index in [0.29, 0.717) is 39.3 Å². The molecule has 5 rings (SSSR count). The van der Waals surface area contributed by atoms with Crippen LogP contribution in [-0.2, 0) is 11.2 Å². The van der Waals surface area contributed by atoms with Gasteiger partial charge in [0.1, 0.15) is 26.4 Å². The molecular weight excluding hydrogens is 432 g/mol. The van der Waals surface area contributed by atoms with Crippen LogP contribution in [0.25, 0.3) is 19.5 Å². The third-order valence-electron chi connectivity index (χ3n) is 4.68. The molecule has 2 aliphatic rings. The molecule has 2 aliphatic heterocycles. The molecule has 9 heteroatoms. The average molecular weight is 451 g/mol. The highest BCUT2D eigenvalue weighted by molar-refractivity contribution is 7.26. The number of carbonyl (C=O) groups is 1. The lowest BCUT2D eigenvalue weighted by Gasteiger charge is -2.16. The number of aliphatic carboxylic acids is 1. The summed E-state index contributed by atoms with van der Waals surface area (Å²) in [5.41, 5.74) is 1.13. The Hall–Kier alpha value is -2.23. The number of thiophene rings is 3. The first-order valence-corrected chi connectivity index (χ1v) is 11.9. The van der Waals surface area contributed by atoms with Crippen molar-refractivity contribution in [2.45, 2.75) is 19.3 Å². The lowest BCUT2D eigenvalue weighted by molar-refractivity contribution is -0.137. The van der Waals surface area contributed by atoms with Gasteiger partial charge in [0, 0.05) is 22.1 Å². The molecule has 0 aromatic carbocycles. The Kier molecular flexibility index (Phi) is 5.11. The van der Waals surface area contributed by atoms with Crippen molar-refractivity contribution in [2.75, 3.05) is 26.4 Å². The minimum atomic E-state index is -0.773. The number of ether oxygens (including phenoxy) is 4. The largest absolute Gasteiger partial charge is 0.485 e. The Labute approximate surface area is 179 Å². The molecule has 5 heterocycles. The van der Waals surface area contributed by atoms with Gasteiger partial charge in [0.05, 0.1) is 14.6 Å². The summed E-state index contributed by atoms with van der Waals surface area (Å²) in [4.78, 5) is 15.3. The number of rotatable bonds is 6. The minimum absolute atomic E-state index is 0.151. The molecule has 0 spiro atoms. The minimum Gasteiger partial charge on any atom is -0.485 e. The Morgan fingerprint density at radius 1 is 0.897 bits per heavy atom. The maximum atomic E-state index is 11.0. The smallest absolute Gasteiger partial charge is 0.303 e. The molecule has 0 unspecified atom stereocenters. The summed E-state index contributed by atoms with van der Waals surface area (Å²) in [6, 6.07) is 2.15. The van der Waals surface area contributed by atoms with Gasteiger partial charge in [0.15, 0.2) is 23.0 Å². The molecule has 152 valence electrons. The first kappa shape index (κ1) is 18.8. The van der Waals surface area contributed by atoms with Crippen molar-refractivity contribution >= 4 is 40.0 Å². The average Bonchev–Trinajstić information content (AvgIpc) is 3.43. The highest BCUT2D eigenvalue weighted by Gasteiger charge is 2.26. The zero-order valence-electron chi connectivity index (χ0n) is 15.4. The normalized spacial score (nSPS) is 14.8. The number of carboxylic acid groups (broad SMARTS) is 1. The molecule has 0 fully saturated rings. The fourth-order valence-corrected chi connectivity index (χ4v) is 6.77. The van der Waals surface area contributed by atoms with Crippen molar-refractivity contribution in [3.63, 3.8) is 0 Å². The van der Waals surface area contributed by atoms with Crippen molar-refractivity contribution in [3.8, 4) is 42.5 Å². The first-order chi connectivity index (χ1) is 14.2. The van der Waals surface area contributed by atoms with Crippen molar-refractivity contribution in [1.82, 2.24) is 0 Å². The lowest BCUT2D eigenvalue weighted by Crippen LogP contribution is -2.14. The Morgan fingerprint density at radius 3 is 2.21 bits per heavy atom. The second kappa shape index (κ2) is 7.89. The molecule has 0 bridgehead atoms. The lowest BCUT2D eigenvalue weighted by atomic mass is 10.1. The second-order valence-electron chi connectivity index (χ2n) is 6.62. The zero-order chi connectivity index (χ0) is 19.8. The summed E-state index contributed by atoms with van der Waals surface area (Å²) in [6.07, 6.45) is 1.43. The molecule has 0 saturated heterocycles. The predicted octanol–water partition coefficient (Wildman–Crippen LogP) is 5.15. The Balaban J connectivity index is 1.55. The summed E-state index contributed by atoms with van der Waals surface area (Å²) in [7, 11) is 0. The number of aryl methyl sites for hydroxylation is 1. The van der Waals surface area contributed by atoms with Gasteiger partial charge in [-0.3, -0.25) is 4.79 Å². The van der Waals surface area contributed by atoms with Crippen LogP contribution in [0.2, 0.25) is 0 Å². The maximum Gasteiger partial charge on any atom is 0.303 e. The molecule has 3 aromatic heterocycles. The predicted molar refractivity (Wildman–Crippen MR) is 113 cm³/mol. The SMILES string of the molecule is O=C(O)CCCc1cc(-c2scc3c2OCCO3)sc1-c1scc2c1OCCO2. The molecular formula is C20H18O6S3. The fourth-order valence-electron chi connectivity index (χ4n) is 3.40. The number of carboxylic acids is 1. The van der Waals surface area contributed by atoms with Crippen LogP contribution in [0.5, 0.6) is 23.0 Å². The van der Waals surface area contributed by atoms with Crippen LogP contribution in [0.4, 0.5) is 0 Å². The van der Waals surface area contributed by atoms with Crippen LogP contribution in [0.15, 0.2) is 16.8 Å². The van der Waals surface area contributed by atoms with E-state index in [0.717, 1.165) is 48.1 Å². The van der Waals surface area contributed by atoms with Gasteiger partial charge in [-0.25, -0.2) is 0 Å². The van der Waals surface area contributed by atoms with E-state index in [1.54, 1.807) is 34.0 Å². The Bertz CT molecular complexity index is 1050. The highest BCUT2D eigenvalue weighted by Crippen LogP contribution is 2.53. The standard InChI is InChI=1S/C20H18O6S3/c21-15(22)3-1-2-11-8-14(19-16-12(9-27-19)23-4-6-25-16)29-18(11)20-17-13(10-28-20)24-5-7-26-17/h8-10H,1-7H2,(H,21,22). The van der Waals surface area contributed by atoms with Gasteiger partial charge >= 0.3 is 5.97 Å². The second-order valence-corrected chi connectivity index (χ2v) is 9.43. The topological polar surface area (TPSA) is 74.2 Å². The van der Waals surface area contributed by atoms with Crippen LogP contribution in [0.3, 0.4) is 0 Å². The Morgan fingerprint density at radius 2 is 1.52 bits per heavy atom. The molecule has 3 aromatic rings. The summed E-state index contributed by atoms with van der Waals surface area (Å²) in [5, 5.41) is 13.0. The zero-order valence-corrected chi connectivity index (χ0v) is 17.8. The maximum absolute atomic E-state index is 11.0. The molecule has 6 nitrogen and oxygen atoms in total. The molecule has 0 saturated carbocycles. The van der Waals surface area contributed by atoms with Gasteiger partial charge in [-0.05, 0) is 24.5 Å². The van der Waals surface area contributed by atoms with Gasteiger partial charge in [-0.1, -0.05) is 0 Å². The molecule has 1 N–H and O–H groups in total. The van der Waals surface area contributed by atoms with Gasteiger partial charge in [0.25, 0.3) is 0 Å². The van der Waals surface area contributed by atoms with Crippen LogP contribution >= 0.6 is 34.0 Å². The summed E-state index contributed by atoms with van der Waals surface area (Å²) in [5.74, 6) is 2.41. The molecule has 0 atom stereocenters. The molecule has 0 aliphatic carbocycles. The van der Waals surface area contributed by atoms with Crippen molar-refractivity contribution in [2.24, 2.45) is 0 Å². The third kappa shape index (κ3) is 3.58. The van der Waals surface area contributed by atoms with E-state index in [-0.39, 0.29) is 6.42 Å². The van der Waals surface area contributed by atoms with E-state index in [2.05, 4.69) is 6.07 Å². The highest BCUT2D eigenvalue weighted by atomic mass is 32.1. The van der Waals surface area contributed by atoms with Crippen molar-refractivity contribution < 1.29 is 28.8 Å². The summed E-state index contributed by atoms with van der Waals surface area (Å²) >= 11 is 4.89. The van der Waals surface area contributed by atoms with E-state index in [1.807, 2.05) is 10.8 Å². The van der Waals surface area contributed by atoms with Crippen molar-refractivity contribution in [1.29, 1.82) is 0 Å². The molecule has 0 amide bonds. The third-order valence-corrected chi connectivity index (χ3v) is 8.08. The van der Waals surface area contributed by atoms with E-state index in [9.17, 15) is 4.79 Å². The van der Waals surface area contributed by atoms with E-state index < -0.39 is 5.97 Å². The van der Waals surface area contributed by atoms with Gasteiger partial charge in [-0.2, -0.15) is 0 Å². The fraction of sp³-hybridized carbons (Fsp3) is 0.350. The van der Waals surface area contributed by atoms with Crippen molar-refractivity contribution in [3.05, 3.63) is 22.4 Å². The van der Waals surface area contributed by atoms with E-state index in [1.165, 1.54) is 0 Å². The summed E-state index contributed by atoms with van der Waals surface area (Å²) < 4.78 is 23.2. The monoisotopic (exact) mass is 450 g/mol. The van der Waals surface area contributed by atoms with Crippen LogP contribution in [-0.4, -0.2) is 37.5 Å². The van der Waals surface area contributed by atoms with E-state index in [4.69, 9.17) is 24.1 Å². The van der Waals surface area contributed by atoms with Crippen LogP contribution < -0.4 is 18.9 Å². The summed E-state index contributed by atoms with van der Waals surface area (Å²) in [6.45, 7) is 2.21. The molecule has 29 heavy (non-hydrogen) atoms. The van der Waals surface area contributed by atoms with Crippen LogP contribution in [0, 0.1) is 0 Å².